The van der Waals surface area contributed by atoms with Crippen molar-refractivity contribution < 1.29 is 14.3 Å². The first-order valence-electron chi connectivity index (χ1n) is 9.41. The highest BCUT2D eigenvalue weighted by Gasteiger charge is 2.31. The van der Waals surface area contributed by atoms with Crippen molar-refractivity contribution in [1.29, 1.82) is 0 Å². The molecule has 1 atom stereocenters. The maximum absolute atomic E-state index is 12.6. The fourth-order valence-corrected chi connectivity index (χ4v) is 3.75. The van der Waals surface area contributed by atoms with Crippen molar-refractivity contribution in [2.45, 2.75) is 25.9 Å². The Morgan fingerprint density at radius 1 is 1.17 bits per heavy atom. The van der Waals surface area contributed by atoms with Gasteiger partial charge in [-0.05, 0) is 30.7 Å². The lowest BCUT2D eigenvalue weighted by Crippen LogP contribution is -2.31. The molecule has 1 aliphatic rings. The third-order valence-electron chi connectivity index (χ3n) is 5.00. The van der Waals surface area contributed by atoms with Crippen LogP contribution in [-0.2, 0) is 11.4 Å². The van der Waals surface area contributed by atoms with Crippen LogP contribution in [0.25, 0.3) is 0 Å². The van der Waals surface area contributed by atoms with Gasteiger partial charge in [0.25, 0.3) is 5.56 Å². The Morgan fingerprint density at radius 2 is 1.97 bits per heavy atom. The number of anilines is 1. The normalized spacial score (nSPS) is 15.3. The van der Waals surface area contributed by atoms with E-state index in [4.69, 9.17) is 21.1 Å². The first kappa shape index (κ1) is 20.0. The third kappa shape index (κ3) is 3.89. The van der Waals surface area contributed by atoms with Crippen molar-refractivity contribution in [1.82, 2.24) is 9.97 Å². The van der Waals surface area contributed by atoms with Crippen molar-refractivity contribution in [3.05, 3.63) is 80.4 Å². The van der Waals surface area contributed by atoms with Gasteiger partial charge >= 0.3 is 0 Å². The molecule has 0 spiro atoms. The number of H-pyrrole nitrogens is 1. The number of rotatable bonds is 5. The van der Waals surface area contributed by atoms with Gasteiger partial charge in [-0.15, -0.1) is 0 Å². The Balaban J connectivity index is 1.66. The molecule has 1 aliphatic heterocycles. The minimum Gasteiger partial charge on any atom is -0.493 e. The first-order valence-corrected chi connectivity index (χ1v) is 9.79. The molecule has 2 N–H and O–H groups in total. The van der Waals surface area contributed by atoms with E-state index in [9.17, 15) is 9.59 Å². The summed E-state index contributed by atoms with van der Waals surface area (Å²) in [4.78, 5) is 31.8. The predicted molar refractivity (Wildman–Crippen MR) is 113 cm³/mol. The number of fused-ring (bicyclic) bond motifs is 1. The van der Waals surface area contributed by atoms with E-state index < -0.39 is 5.92 Å². The van der Waals surface area contributed by atoms with Gasteiger partial charge in [-0.1, -0.05) is 35.9 Å². The van der Waals surface area contributed by atoms with Crippen LogP contribution >= 0.6 is 11.6 Å². The quantitative estimate of drug-likeness (QED) is 0.648. The van der Waals surface area contributed by atoms with E-state index >= 15 is 0 Å². The highest BCUT2D eigenvalue weighted by atomic mass is 35.5. The number of aromatic amines is 1. The van der Waals surface area contributed by atoms with Gasteiger partial charge in [0.1, 0.15) is 18.2 Å². The molecule has 30 heavy (non-hydrogen) atoms. The number of amides is 1. The van der Waals surface area contributed by atoms with Crippen LogP contribution in [0.2, 0.25) is 5.02 Å². The largest absolute Gasteiger partial charge is 0.493 e. The number of carbonyl (C=O) groups excluding carboxylic acids is 1. The molecule has 0 bridgehead atoms. The third-order valence-corrected chi connectivity index (χ3v) is 5.37. The standard InChI is InChI=1S/C22H20ClN3O4/c1-12-24-21-20(22(28)25-12)15(10-19(27)26-21)13-7-8-17(18(9-13)29-2)30-11-14-5-3-4-6-16(14)23/h3-9,15H,10-11H2,1-2H3,(H2,24,25,26,27,28)/t15-/m1/s1. The summed E-state index contributed by atoms with van der Waals surface area (Å²) in [7, 11) is 1.54. The maximum Gasteiger partial charge on any atom is 0.256 e. The summed E-state index contributed by atoms with van der Waals surface area (Å²) in [6.07, 6.45) is 0.143. The highest BCUT2D eigenvalue weighted by Crippen LogP contribution is 2.38. The number of hydrogen-bond acceptors (Lipinski definition) is 5. The van der Waals surface area contributed by atoms with Gasteiger partial charge in [0.2, 0.25) is 5.91 Å². The zero-order valence-electron chi connectivity index (χ0n) is 16.5. The molecule has 154 valence electrons. The lowest BCUT2D eigenvalue weighted by Gasteiger charge is -2.25. The van der Waals surface area contributed by atoms with Gasteiger partial charge in [-0.2, -0.15) is 0 Å². The predicted octanol–water partition coefficient (Wildman–Crippen LogP) is 3.79. The minimum absolute atomic E-state index is 0.143. The van der Waals surface area contributed by atoms with Gasteiger partial charge in [0.05, 0.1) is 12.7 Å². The molecule has 0 radical (unpaired) electrons. The summed E-state index contributed by atoms with van der Waals surface area (Å²) in [6.45, 7) is 1.96. The van der Waals surface area contributed by atoms with Gasteiger partial charge in [0, 0.05) is 22.9 Å². The monoisotopic (exact) mass is 425 g/mol. The second-order valence-corrected chi connectivity index (χ2v) is 7.42. The number of carbonyl (C=O) groups is 1. The van der Waals surface area contributed by atoms with Gasteiger partial charge in [-0.25, -0.2) is 4.98 Å². The van der Waals surface area contributed by atoms with Crippen LogP contribution in [0, 0.1) is 6.92 Å². The molecule has 2 heterocycles. The number of aryl methyl sites for hydroxylation is 1. The summed E-state index contributed by atoms with van der Waals surface area (Å²) in [5, 5.41) is 3.31. The summed E-state index contributed by atoms with van der Waals surface area (Å²) < 4.78 is 11.4. The Morgan fingerprint density at radius 3 is 2.73 bits per heavy atom. The van der Waals surface area contributed by atoms with Crippen LogP contribution < -0.4 is 20.3 Å². The summed E-state index contributed by atoms with van der Waals surface area (Å²) in [6, 6.07) is 12.8. The molecule has 1 amide bonds. The fourth-order valence-electron chi connectivity index (χ4n) is 3.56. The molecule has 0 fully saturated rings. The summed E-state index contributed by atoms with van der Waals surface area (Å²) in [5.74, 6) is 1.16. The number of benzene rings is 2. The average Bonchev–Trinajstić information content (AvgIpc) is 2.72. The molecule has 1 aromatic heterocycles. The van der Waals surface area contributed by atoms with Gasteiger partial charge < -0.3 is 19.8 Å². The summed E-state index contributed by atoms with van der Waals surface area (Å²) in [5.41, 5.74) is 1.80. The molecular weight excluding hydrogens is 406 g/mol. The van der Waals surface area contributed by atoms with Crippen LogP contribution in [-0.4, -0.2) is 23.0 Å². The van der Waals surface area contributed by atoms with Gasteiger partial charge in [-0.3, -0.25) is 9.59 Å². The van der Waals surface area contributed by atoms with E-state index in [1.165, 1.54) is 0 Å². The second kappa shape index (κ2) is 8.20. The Labute approximate surface area is 178 Å². The van der Waals surface area contributed by atoms with Crippen molar-refractivity contribution >= 4 is 23.3 Å². The van der Waals surface area contributed by atoms with Crippen molar-refractivity contribution in [2.24, 2.45) is 0 Å². The maximum atomic E-state index is 12.6. The number of hydrogen-bond donors (Lipinski definition) is 2. The van der Waals surface area contributed by atoms with E-state index in [-0.39, 0.29) is 24.5 Å². The van der Waals surface area contributed by atoms with E-state index in [1.54, 1.807) is 32.2 Å². The van der Waals surface area contributed by atoms with E-state index in [1.807, 2.05) is 24.3 Å². The SMILES string of the molecule is COc1cc([C@H]2CC(=O)Nc3nc(C)[nH]c(=O)c32)ccc1OCc1ccccc1Cl. The van der Waals surface area contributed by atoms with E-state index in [0.29, 0.717) is 33.7 Å². The zero-order chi connectivity index (χ0) is 21.3. The number of nitrogens with one attached hydrogen (secondary N) is 2. The number of ether oxygens (including phenoxy) is 2. The van der Waals surface area contributed by atoms with Crippen LogP contribution in [0.5, 0.6) is 11.5 Å². The number of methoxy groups -OCH3 is 1. The topological polar surface area (TPSA) is 93.3 Å². The zero-order valence-corrected chi connectivity index (χ0v) is 17.2. The number of aromatic nitrogens is 2. The average molecular weight is 426 g/mol. The lowest BCUT2D eigenvalue weighted by molar-refractivity contribution is -0.116. The van der Waals surface area contributed by atoms with Crippen molar-refractivity contribution in [2.75, 3.05) is 12.4 Å². The molecule has 3 aromatic rings. The Hall–Kier alpha value is -3.32. The van der Waals surface area contributed by atoms with E-state index in [0.717, 1.165) is 11.1 Å². The number of halogens is 1. The van der Waals surface area contributed by atoms with Crippen LogP contribution in [0.3, 0.4) is 0 Å². The van der Waals surface area contributed by atoms with Crippen LogP contribution in [0.1, 0.15) is 34.9 Å². The lowest BCUT2D eigenvalue weighted by atomic mass is 9.86. The molecule has 2 aromatic carbocycles. The van der Waals surface area contributed by atoms with Crippen molar-refractivity contribution in [3.63, 3.8) is 0 Å². The molecule has 4 rings (SSSR count). The molecule has 7 nitrogen and oxygen atoms in total. The highest BCUT2D eigenvalue weighted by molar-refractivity contribution is 6.31. The molecule has 0 aliphatic carbocycles. The second-order valence-electron chi connectivity index (χ2n) is 7.01. The van der Waals surface area contributed by atoms with Crippen molar-refractivity contribution in [3.8, 4) is 11.5 Å². The number of nitrogens with zero attached hydrogens (tertiary/aromatic N) is 1. The fraction of sp³-hybridized carbons (Fsp3) is 0.227. The first-order chi connectivity index (χ1) is 14.5. The molecule has 0 saturated heterocycles. The molecule has 8 heteroatoms. The smallest absolute Gasteiger partial charge is 0.256 e. The molecule has 0 saturated carbocycles. The minimum atomic E-state index is -0.433. The molecule has 0 unspecified atom stereocenters. The Kier molecular flexibility index (Phi) is 5.46. The summed E-state index contributed by atoms with van der Waals surface area (Å²) >= 11 is 6.19. The van der Waals surface area contributed by atoms with Crippen LogP contribution in [0.15, 0.2) is 47.3 Å². The van der Waals surface area contributed by atoms with E-state index in [2.05, 4.69) is 15.3 Å². The van der Waals surface area contributed by atoms with Gasteiger partial charge in [0.15, 0.2) is 11.5 Å². The Bertz CT molecular complexity index is 1180. The molecular formula is C22H20ClN3O4. The van der Waals surface area contributed by atoms with Crippen LogP contribution in [0.4, 0.5) is 5.82 Å².